The second kappa shape index (κ2) is 5.14. The van der Waals surface area contributed by atoms with Crippen LogP contribution in [0, 0.1) is 0 Å². The molecule has 1 aliphatic rings. The van der Waals surface area contributed by atoms with Crippen LogP contribution in [0.5, 0.6) is 0 Å². The molecular weight excluding hydrogens is 218 g/mol. The SMILES string of the molecule is CC1(NC(=O)Nc2cccnc2)CCOCC1. The fraction of sp³-hybridized carbons (Fsp3) is 0.500. The molecule has 5 nitrogen and oxygen atoms in total. The number of amides is 2. The van der Waals surface area contributed by atoms with Gasteiger partial charge in [-0.2, -0.15) is 0 Å². The van der Waals surface area contributed by atoms with E-state index in [0.717, 1.165) is 12.8 Å². The zero-order valence-corrected chi connectivity index (χ0v) is 9.90. The van der Waals surface area contributed by atoms with Crippen LogP contribution < -0.4 is 10.6 Å². The van der Waals surface area contributed by atoms with Crippen molar-refractivity contribution in [2.75, 3.05) is 18.5 Å². The lowest BCUT2D eigenvalue weighted by Gasteiger charge is -2.34. The minimum absolute atomic E-state index is 0.176. The first-order valence-electron chi connectivity index (χ1n) is 5.75. The van der Waals surface area contributed by atoms with Crippen molar-refractivity contribution in [1.82, 2.24) is 10.3 Å². The largest absolute Gasteiger partial charge is 0.381 e. The number of nitrogens with one attached hydrogen (secondary N) is 2. The molecule has 0 bridgehead atoms. The van der Waals surface area contributed by atoms with Crippen LogP contribution in [0.2, 0.25) is 0 Å². The molecule has 17 heavy (non-hydrogen) atoms. The second-order valence-corrected chi connectivity index (χ2v) is 4.49. The summed E-state index contributed by atoms with van der Waals surface area (Å²) in [6.45, 7) is 3.44. The van der Waals surface area contributed by atoms with E-state index >= 15 is 0 Å². The van der Waals surface area contributed by atoms with E-state index in [1.54, 1.807) is 24.5 Å². The van der Waals surface area contributed by atoms with Gasteiger partial charge in [0.2, 0.25) is 0 Å². The lowest BCUT2D eigenvalue weighted by molar-refractivity contribution is 0.0500. The van der Waals surface area contributed by atoms with Gasteiger partial charge < -0.3 is 15.4 Å². The number of hydrogen-bond acceptors (Lipinski definition) is 3. The smallest absolute Gasteiger partial charge is 0.319 e. The van der Waals surface area contributed by atoms with Crippen molar-refractivity contribution in [2.24, 2.45) is 0 Å². The normalized spacial score (nSPS) is 18.4. The second-order valence-electron chi connectivity index (χ2n) is 4.49. The molecule has 5 heteroatoms. The number of rotatable bonds is 2. The Labute approximate surface area is 101 Å². The maximum absolute atomic E-state index is 11.8. The molecule has 1 aliphatic heterocycles. The molecular formula is C12H17N3O2. The summed E-state index contributed by atoms with van der Waals surface area (Å²) in [4.78, 5) is 15.7. The number of aromatic nitrogens is 1. The highest BCUT2D eigenvalue weighted by atomic mass is 16.5. The van der Waals surface area contributed by atoms with E-state index in [-0.39, 0.29) is 11.6 Å². The van der Waals surface area contributed by atoms with Gasteiger partial charge in [0.15, 0.2) is 0 Å². The average Bonchev–Trinajstić information content (AvgIpc) is 2.30. The lowest BCUT2D eigenvalue weighted by Crippen LogP contribution is -2.51. The van der Waals surface area contributed by atoms with Crippen LogP contribution >= 0.6 is 0 Å². The number of nitrogens with zero attached hydrogens (tertiary/aromatic N) is 1. The van der Waals surface area contributed by atoms with Gasteiger partial charge >= 0.3 is 6.03 Å². The summed E-state index contributed by atoms with van der Waals surface area (Å²) in [6, 6.07) is 3.40. The number of anilines is 1. The maximum Gasteiger partial charge on any atom is 0.319 e. The molecule has 0 saturated carbocycles. The van der Waals surface area contributed by atoms with Crippen LogP contribution in [0.15, 0.2) is 24.5 Å². The standard InChI is InChI=1S/C12H17N3O2/c1-12(4-7-17-8-5-12)15-11(16)14-10-3-2-6-13-9-10/h2-3,6,9H,4-5,7-8H2,1H3,(H2,14,15,16). The summed E-state index contributed by atoms with van der Waals surface area (Å²) in [5.74, 6) is 0. The van der Waals surface area contributed by atoms with E-state index in [0.29, 0.717) is 18.9 Å². The fourth-order valence-corrected chi connectivity index (χ4v) is 1.82. The predicted octanol–water partition coefficient (Wildman–Crippen LogP) is 1.77. The van der Waals surface area contributed by atoms with Gasteiger partial charge in [-0.3, -0.25) is 4.98 Å². The van der Waals surface area contributed by atoms with Gasteiger partial charge in [-0.05, 0) is 31.9 Å². The van der Waals surface area contributed by atoms with E-state index in [1.165, 1.54) is 0 Å². The van der Waals surface area contributed by atoms with Gasteiger partial charge in [-0.1, -0.05) is 0 Å². The Morgan fingerprint density at radius 3 is 2.88 bits per heavy atom. The van der Waals surface area contributed by atoms with Gasteiger partial charge in [-0.25, -0.2) is 4.79 Å². The average molecular weight is 235 g/mol. The van der Waals surface area contributed by atoms with E-state index in [9.17, 15) is 4.79 Å². The Morgan fingerprint density at radius 1 is 1.47 bits per heavy atom. The molecule has 0 spiro atoms. The Kier molecular flexibility index (Phi) is 3.58. The molecule has 0 unspecified atom stereocenters. The summed E-state index contributed by atoms with van der Waals surface area (Å²) in [6.07, 6.45) is 4.97. The first kappa shape index (κ1) is 11.9. The molecule has 1 aromatic rings. The molecule has 2 heterocycles. The van der Waals surface area contributed by atoms with Gasteiger partial charge in [0.05, 0.1) is 11.9 Å². The van der Waals surface area contributed by atoms with E-state index in [2.05, 4.69) is 15.6 Å². The Hall–Kier alpha value is -1.62. The molecule has 1 aromatic heterocycles. The summed E-state index contributed by atoms with van der Waals surface area (Å²) in [7, 11) is 0. The number of urea groups is 1. The Bertz CT molecular complexity index is 375. The summed E-state index contributed by atoms with van der Waals surface area (Å²) in [5.41, 5.74) is 0.519. The van der Waals surface area contributed by atoms with Crippen molar-refractivity contribution in [1.29, 1.82) is 0 Å². The van der Waals surface area contributed by atoms with Crippen molar-refractivity contribution in [3.8, 4) is 0 Å². The van der Waals surface area contributed by atoms with Crippen molar-refractivity contribution in [3.05, 3.63) is 24.5 Å². The zero-order chi connectivity index (χ0) is 12.1. The molecule has 2 N–H and O–H groups in total. The molecule has 2 rings (SSSR count). The van der Waals surface area contributed by atoms with Gasteiger partial charge in [0.25, 0.3) is 0 Å². The zero-order valence-electron chi connectivity index (χ0n) is 9.90. The van der Waals surface area contributed by atoms with Gasteiger partial charge in [-0.15, -0.1) is 0 Å². The van der Waals surface area contributed by atoms with Gasteiger partial charge in [0, 0.05) is 24.9 Å². The number of hydrogen-bond donors (Lipinski definition) is 2. The quantitative estimate of drug-likeness (QED) is 0.821. The molecule has 0 radical (unpaired) electrons. The van der Waals surface area contributed by atoms with Crippen LogP contribution in [0.3, 0.4) is 0 Å². The summed E-state index contributed by atoms with van der Waals surface area (Å²) < 4.78 is 5.28. The molecule has 1 saturated heterocycles. The number of carbonyl (C=O) groups is 1. The lowest BCUT2D eigenvalue weighted by atomic mass is 9.93. The maximum atomic E-state index is 11.8. The minimum atomic E-state index is -0.192. The van der Waals surface area contributed by atoms with Crippen molar-refractivity contribution in [2.45, 2.75) is 25.3 Å². The first-order valence-corrected chi connectivity index (χ1v) is 5.75. The van der Waals surface area contributed by atoms with Crippen molar-refractivity contribution < 1.29 is 9.53 Å². The highest BCUT2D eigenvalue weighted by molar-refractivity contribution is 5.89. The minimum Gasteiger partial charge on any atom is -0.381 e. The molecule has 0 atom stereocenters. The number of pyridine rings is 1. The van der Waals surface area contributed by atoms with Crippen molar-refractivity contribution in [3.63, 3.8) is 0 Å². The highest BCUT2D eigenvalue weighted by Gasteiger charge is 2.28. The van der Waals surface area contributed by atoms with Crippen molar-refractivity contribution >= 4 is 11.7 Å². The van der Waals surface area contributed by atoms with E-state index in [4.69, 9.17) is 4.74 Å². The fourth-order valence-electron chi connectivity index (χ4n) is 1.82. The van der Waals surface area contributed by atoms with Gasteiger partial charge in [0.1, 0.15) is 0 Å². The third kappa shape index (κ3) is 3.42. The third-order valence-electron chi connectivity index (χ3n) is 2.93. The monoisotopic (exact) mass is 235 g/mol. The summed E-state index contributed by atoms with van der Waals surface area (Å²) >= 11 is 0. The summed E-state index contributed by atoms with van der Waals surface area (Å²) in [5, 5.41) is 5.75. The Balaban J connectivity index is 1.88. The first-order chi connectivity index (χ1) is 8.18. The van der Waals surface area contributed by atoms with Crippen LogP contribution in [0.1, 0.15) is 19.8 Å². The number of carbonyl (C=O) groups excluding carboxylic acids is 1. The molecule has 1 fully saturated rings. The van der Waals surface area contributed by atoms with Crippen LogP contribution in [0.4, 0.5) is 10.5 Å². The molecule has 2 amide bonds. The topological polar surface area (TPSA) is 63.2 Å². The van der Waals surface area contributed by atoms with Crippen LogP contribution in [0.25, 0.3) is 0 Å². The number of ether oxygens (including phenoxy) is 1. The van der Waals surface area contributed by atoms with Crippen LogP contribution in [-0.4, -0.2) is 29.8 Å². The molecule has 0 aliphatic carbocycles. The van der Waals surface area contributed by atoms with Crippen LogP contribution in [-0.2, 0) is 4.74 Å². The molecule has 0 aromatic carbocycles. The van der Waals surface area contributed by atoms with E-state index in [1.807, 2.05) is 6.92 Å². The highest BCUT2D eigenvalue weighted by Crippen LogP contribution is 2.19. The molecule has 92 valence electrons. The Morgan fingerprint density at radius 2 is 2.24 bits per heavy atom. The van der Waals surface area contributed by atoms with E-state index < -0.39 is 0 Å². The third-order valence-corrected chi connectivity index (χ3v) is 2.93. The predicted molar refractivity (Wildman–Crippen MR) is 64.8 cm³/mol.